The lowest BCUT2D eigenvalue weighted by atomic mass is 10.0. The molecule has 16 heavy (non-hydrogen) atoms. The molecule has 0 aromatic heterocycles. The molecule has 0 atom stereocenters. The van der Waals surface area contributed by atoms with Crippen molar-refractivity contribution in [1.82, 2.24) is 0 Å². The van der Waals surface area contributed by atoms with Crippen molar-refractivity contribution in [1.29, 1.82) is 0 Å². The van der Waals surface area contributed by atoms with Gasteiger partial charge in [-0.25, -0.2) is 0 Å². The molecule has 1 amide bonds. The minimum Gasteiger partial charge on any atom is -0.398 e. The van der Waals surface area contributed by atoms with Crippen molar-refractivity contribution >= 4 is 34.8 Å². The van der Waals surface area contributed by atoms with Gasteiger partial charge in [0, 0.05) is 29.7 Å². The van der Waals surface area contributed by atoms with Crippen molar-refractivity contribution in [2.24, 2.45) is 0 Å². The molecule has 0 saturated heterocycles. The second-order valence-corrected chi connectivity index (χ2v) is 4.71. The lowest BCUT2D eigenvalue weighted by Crippen LogP contribution is -2.16. The molecule has 4 nitrogen and oxygen atoms in total. The number of carbonyl (C=O) groups excluding carboxylic acids is 2. The average Bonchev–Trinajstić information content (AvgIpc) is 2.22. The Morgan fingerprint density at radius 1 is 1.50 bits per heavy atom. The summed E-state index contributed by atoms with van der Waals surface area (Å²) < 4.78 is 0. The quantitative estimate of drug-likeness (QED) is 0.730. The number of Topliss-reactive ketones (excluding diaryl/α,β-unsaturated/α-hetero) is 1. The Balaban J connectivity index is 2.55. The zero-order valence-electron chi connectivity index (χ0n) is 8.87. The van der Waals surface area contributed by atoms with Gasteiger partial charge in [0.15, 0.2) is 5.78 Å². The van der Waals surface area contributed by atoms with E-state index < -0.39 is 0 Å². The maximum Gasteiger partial charge on any atom is 0.221 e. The highest BCUT2D eigenvalue weighted by Gasteiger charge is 2.23. The lowest BCUT2D eigenvalue weighted by molar-refractivity contribution is -0.114. The van der Waals surface area contributed by atoms with E-state index in [0.29, 0.717) is 23.4 Å². The highest BCUT2D eigenvalue weighted by molar-refractivity contribution is 7.99. The van der Waals surface area contributed by atoms with Crippen LogP contribution >= 0.6 is 11.8 Å². The first-order chi connectivity index (χ1) is 7.59. The number of hydrogen-bond acceptors (Lipinski definition) is 4. The molecule has 0 unspecified atom stereocenters. The Kier molecular flexibility index (Phi) is 2.87. The van der Waals surface area contributed by atoms with E-state index >= 15 is 0 Å². The highest BCUT2D eigenvalue weighted by atomic mass is 32.2. The molecule has 3 N–H and O–H groups in total. The lowest BCUT2D eigenvalue weighted by Gasteiger charge is -2.19. The maximum atomic E-state index is 11.8. The second-order valence-electron chi connectivity index (χ2n) is 3.61. The number of nitrogen functional groups attached to an aromatic ring is 1. The summed E-state index contributed by atoms with van der Waals surface area (Å²) in [4.78, 5) is 23.6. The summed E-state index contributed by atoms with van der Waals surface area (Å²) in [5, 5.41) is 2.66. The predicted octanol–water partition coefficient (Wildman–Crippen LogP) is 1.91. The molecule has 1 aliphatic heterocycles. The molecule has 1 heterocycles. The molecule has 0 radical (unpaired) electrons. The van der Waals surface area contributed by atoms with Gasteiger partial charge in [-0.15, -0.1) is 11.8 Å². The Morgan fingerprint density at radius 2 is 2.25 bits per heavy atom. The zero-order valence-corrected chi connectivity index (χ0v) is 9.69. The first-order valence-corrected chi connectivity index (χ1v) is 5.94. The zero-order chi connectivity index (χ0) is 11.7. The van der Waals surface area contributed by atoms with Gasteiger partial charge in [-0.3, -0.25) is 9.59 Å². The first kappa shape index (κ1) is 11.0. The molecule has 0 saturated carbocycles. The number of amides is 1. The van der Waals surface area contributed by atoms with Gasteiger partial charge in [-0.05, 0) is 12.1 Å². The van der Waals surface area contributed by atoms with Gasteiger partial charge in [0.05, 0.1) is 11.3 Å². The van der Waals surface area contributed by atoms with Gasteiger partial charge >= 0.3 is 0 Å². The fourth-order valence-electron chi connectivity index (χ4n) is 1.70. The van der Waals surface area contributed by atoms with Crippen molar-refractivity contribution in [3.63, 3.8) is 0 Å². The summed E-state index contributed by atoms with van der Waals surface area (Å²) in [7, 11) is 0. The Morgan fingerprint density at radius 3 is 2.94 bits per heavy atom. The van der Waals surface area contributed by atoms with Crippen LogP contribution in [0.5, 0.6) is 0 Å². The van der Waals surface area contributed by atoms with Gasteiger partial charge in [-0.1, -0.05) is 0 Å². The van der Waals surface area contributed by atoms with Crippen LogP contribution in [0.4, 0.5) is 11.4 Å². The third-order valence-electron chi connectivity index (χ3n) is 2.35. The number of thioether (sulfide) groups is 1. The predicted molar refractivity (Wildman–Crippen MR) is 64.8 cm³/mol. The van der Waals surface area contributed by atoms with Crippen molar-refractivity contribution in [3.8, 4) is 0 Å². The average molecular weight is 236 g/mol. The van der Waals surface area contributed by atoms with Crippen molar-refractivity contribution in [2.45, 2.75) is 18.2 Å². The number of ketones is 1. The van der Waals surface area contributed by atoms with Gasteiger partial charge in [-0.2, -0.15) is 0 Å². The molecular weight excluding hydrogens is 224 g/mol. The number of anilines is 2. The Bertz CT molecular complexity index is 471. The number of nitrogens with one attached hydrogen (secondary N) is 1. The Hall–Kier alpha value is -1.49. The molecule has 2 rings (SSSR count). The molecule has 84 valence electrons. The number of benzene rings is 1. The van der Waals surface area contributed by atoms with Gasteiger partial charge in [0.2, 0.25) is 5.91 Å². The largest absolute Gasteiger partial charge is 0.398 e. The van der Waals surface area contributed by atoms with E-state index in [1.54, 1.807) is 23.9 Å². The fraction of sp³-hybridized carbons (Fsp3) is 0.273. The molecular formula is C11H12N2O2S. The third-order valence-corrected chi connectivity index (χ3v) is 3.49. The topological polar surface area (TPSA) is 72.2 Å². The van der Waals surface area contributed by atoms with Crippen molar-refractivity contribution < 1.29 is 9.59 Å². The van der Waals surface area contributed by atoms with Gasteiger partial charge in [0.1, 0.15) is 0 Å². The van der Waals surface area contributed by atoms with E-state index in [4.69, 9.17) is 5.73 Å². The summed E-state index contributed by atoms with van der Waals surface area (Å²) in [5.74, 6) is 0.611. The van der Waals surface area contributed by atoms with Crippen LogP contribution in [0.1, 0.15) is 23.7 Å². The van der Waals surface area contributed by atoms with E-state index in [9.17, 15) is 9.59 Å². The van der Waals surface area contributed by atoms with Crippen LogP contribution in [0.3, 0.4) is 0 Å². The van der Waals surface area contributed by atoms with Crippen LogP contribution in [0.15, 0.2) is 17.0 Å². The molecule has 0 aliphatic carbocycles. The number of carbonyl (C=O) groups is 2. The molecule has 1 aliphatic rings. The van der Waals surface area contributed by atoms with Gasteiger partial charge < -0.3 is 11.1 Å². The smallest absolute Gasteiger partial charge is 0.221 e. The van der Waals surface area contributed by atoms with E-state index in [-0.39, 0.29) is 11.7 Å². The van der Waals surface area contributed by atoms with E-state index in [1.807, 2.05) is 0 Å². The molecule has 1 aromatic rings. The van der Waals surface area contributed by atoms with Crippen LogP contribution in [-0.4, -0.2) is 17.4 Å². The minimum absolute atomic E-state index is 0.0461. The van der Waals surface area contributed by atoms with Crippen LogP contribution in [0.25, 0.3) is 0 Å². The van der Waals surface area contributed by atoms with Crippen molar-refractivity contribution in [3.05, 3.63) is 17.7 Å². The normalized spacial score (nSPS) is 14.4. The third kappa shape index (κ3) is 1.90. The van der Waals surface area contributed by atoms with E-state index in [1.165, 1.54) is 6.92 Å². The number of fused-ring (bicyclic) bond motifs is 1. The summed E-state index contributed by atoms with van der Waals surface area (Å²) in [6, 6.07) is 3.40. The van der Waals surface area contributed by atoms with E-state index in [0.717, 1.165) is 10.6 Å². The fourth-order valence-corrected chi connectivity index (χ4v) is 2.79. The second kappa shape index (κ2) is 4.17. The van der Waals surface area contributed by atoms with Crippen LogP contribution < -0.4 is 11.1 Å². The molecule has 5 heteroatoms. The van der Waals surface area contributed by atoms with Crippen LogP contribution in [-0.2, 0) is 4.79 Å². The molecule has 0 spiro atoms. The maximum absolute atomic E-state index is 11.8. The van der Waals surface area contributed by atoms with Crippen LogP contribution in [0.2, 0.25) is 0 Å². The summed E-state index contributed by atoms with van der Waals surface area (Å²) >= 11 is 1.56. The first-order valence-electron chi connectivity index (χ1n) is 4.95. The standard InChI is InChI=1S/C11H12N2O2S/c1-6(14)13-8-3-2-7(12)11-10(8)9(15)4-5-16-11/h2-3H,4-5,12H2,1H3,(H,13,14). The van der Waals surface area contributed by atoms with E-state index in [2.05, 4.69) is 5.32 Å². The summed E-state index contributed by atoms with van der Waals surface area (Å²) in [5.41, 5.74) is 7.54. The highest BCUT2D eigenvalue weighted by Crippen LogP contribution is 2.38. The van der Waals surface area contributed by atoms with Gasteiger partial charge in [0.25, 0.3) is 0 Å². The molecule has 0 fully saturated rings. The van der Waals surface area contributed by atoms with Crippen molar-refractivity contribution in [2.75, 3.05) is 16.8 Å². The van der Waals surface area contributed by atoms with Crippen LogP contribution in [0, 0.1) is 0 Å². The molecule has 1 aromatic carbocycles. The summed E-state index contributed by atoms with van der Waals surface area (Å²) in [6.07, 6.45) is 0.494. The number of hydrogen-bond donors (Lipinski definition) is 2. The monoisotopic (exact) mass is 236 g/mol. The number of rotatable bonds is 1. The number of nitrogens with two attached hydrogens (primary N) is 1. The molecule has 0 bridgehead atoms. The minimum atomic E-state index is -0.185. The summed E-state index contributed by atoms with van der Waals surface area (Å²) in [6.45, 7) is 1.42. The Labute approximate surface area is 97.6 Å². The SMILES string of the molecule is CC(=O)Nc1ccc(N)c2c1C(=O)CCS2.